The maximum Gasteiger partial charge on any atom is 0.220 e. The van der Waals surface area contributed by atoms with E-state index in [2.05, 4.69) is 46.1 Å². The third-order valence-corrected chi connectivity index (χ3v) is 8.96. The van der Waals surface area contributed by atoms with Crippen molar-refractivity contribution in [1.82, 2.24) is 5.32 Å². The van der Waals surface area contributed by atoms with Crippen LogP contribution in [0.2, 0.25) is 18.1 Å². The van der Waals surface area contributed by atoms with Crippen LogP contribution < -0.4 is 5.32 Å². The number of rotatable bonds is 11. The highest BCUT2D eigenvalue weighted by atomic mass is 28.4. The Hall–Kier alpha value is -0.683. The Morgan fingerprint density at radius 3 is 2.36 bits per heavy atom. The second kappa shape index (κ2) is 10.2. The summed E-state index contributed by atoms with van der Waals surface area (Å²) in [7, 11) is -1.85. The lowest BCUT2D eigenvalue weighted by Gasteiger charge is -2.37. The number of amides is 1. The largest absolute Gasteiger partial charge is 0.415 e. The Bertz CT molecular complexity index is 337. The lowest BCUT2D eigenvalue weighted by atomic mass is 10.1. The Labute approximate surface area is 137 Å². The third kappa shape index (κ3) is 8.69. The molecule has 5 heteroatoms. The van der Waals surface area contributed by atoms with Gasteiger partial charge in [-0.15, -0.1) is 0 Å². The van der Waals surface area contributed by atoms with E-state index < -0.39 is 8.32 Å². The number of hydrogen-bond acceptors (Lipinski definition) is 3. The van der Waals surface area contributed by atoms with Gasteiger partial charge in [0.15, 0.2) is 8.32 Å². The second-order valence-electron chi connectivity index (χ2n) is 7.55. The van der Waals surface area contributed by atoms with Crippen molar-refractivity contribution in [3.05, 3.63) is 0 Å². The van der Waals surface area contributed by atoms with Gasteiger partial charge in [-0.25, -0.2) is 0 Å². The standard InChI is InChI=1S/C17H35NO3Si/c1-7-8-9-10-11-16(20)18-15(12-13-19)14-21-22(5,6)17(2,3)4/h13,15H,7-12,14H2,1-6H3,(H,18,20). The SMILES string of the molecule is CCCCCCC(=O)NC(CC=O)CO[Si](C)(C)C(C)(C)C. The number of aldehydes is 1. The van der Waals surface area contributed by atoms with E-state index in [1.807, 2.05) is 0 Å². The minimum Gasteiger partial charge on any atom is -0.415 e. The molecule has 22 heavy (non-hydrogen) atoms. The number of carbonyl (C=O) groups is 2. The van der Waals surface area contributed by atoms with Crippen LogP contribution in [-0.2, 0) is 14.0 Å². The van der Waals surface area contributed by atoms with Crippen molar-refractivity contribution in [2.24, 2.45) is 0 Å². The molecule has 0 aliphatic heterocycles. The van der Waals surface area contributed by atoms with Crippen LogP contribution in [0, 0.1) is 0 Å². The smallest absolute Gasteiger partial charge is 0.220 e. The fraction of sp³-hybridized carbons (Fsp3) is 0.882. The molecule has 0 aliphatic carbocycles. The van der Waals surface area contributed by atoms with E-state index in [0.29, 0.717) is 19.4 Å². The van der Waals surface area contributed by atoms with Crippen LogP contribution in [-0.4, -0.2) is 33.2 Å². The lowest BCUT2D eigenvalue weighted by molar-refractivity contribution is -0.122. The molecule has 4 nitrogen and oxygen atoms in total. The number of carbonyl (C=O) groups excluding carboxylic acids is 2. The van der Waals surface area contributed by atoms with Gasteiger partial charge in [-0.2, -0.15) is 0 Å². The summed E-state index contributed by atoms with van der Waals surface area (Å²) in [5.74, 6) is 0.0294. The summed E-state index contributed by atoms with van der Waals surface area (Å²) in [4.78, 5) is 22.8. The molecule has 0 aromatic carbocycles. The third-order valence-electron chi connectivity index (χ3n) is 4.45. The Balaban J connectivity index is 4.31. The Morgan fingerprint density at radius 2 is 1.86 bits per heavy atom. The molecule has 0 aromatic heterocycles. The predicted molar refractivity (Wildman–Crippen MR) is 94.5 cm³/mol. The first-order valence-corrected chi connectivity index (χ1v) is 11.4. The maximum atomic E-state index is 11.9. The normalized spacial score (nSPS) is 13.7. The Kier molecular flexibility index (Phi) is 9.84. The molecule has 0 heterocycles. The maximum absolute atomic E-state index is 11.9. The van der Waals surface area contributed by atoms with E-state index >= 15 is 0 Å². The molecule has 1 amide bonds. The summed E-state index contributed by atoms with van der Waals surface area (Å²) in [6.07, 6.45) is 6.04. The fourth-order valence-corrected chi connectivity index (χ4v) is 2.87. The molecule has 130 valence electrons. The van der Waals surface area contributed by atoms with Crippen molar-refractivity contribution in [1.29, 1.82) is 0 Å². The number of unbranched alkanes of at least 4 members (excludes halogenated alkanes) is 3. The summed E-state index contributed by atoms with van der Waals surface area (Å²) in [5.41, 5.74) is 0. The fourth-order valence-electron chi connectivity index (χ4n) is 1.82. The van der Waals surface area contributed by atoms with Gasteiger partial charge in [0, 0.05) is 12.8 Å². The quantitative estimate of drug-likeness (QED) is 0.353. The first-order valence-electron chi connectivity index (χ1n) is 8.51. The second-order valence-corrected chi connectivity index (χ2v) is 12.4. The van der Waals surface area contributed by atoms with Crippen LogP contribution in [0.3, 0.4) is 0 Å². The molecule has 0 saturated heterocycles. The average molecular weight is 330 g/mol. The van der Waals surface area contributed by atoms with Crippen molar-refractivity contribution in [2.45, 2.75) is 90.4 Å². The molecule has 1 atom stereocenters. The number of hydrogen-bond donors (Lipinski definition) is 1. The molecular formula is C17H35NO3Si. The van der Waals surface area contributed by atoms with Gasteiger partial charge in [-0.1, -0.05) is 47.0 Å². The van der Waals surface area contributed by atoms with E-state index in [0.717, 1.165) is 25.5 Å². The first-order chi connectivity index (χ1) is 10.1. The number of nitrogens with one attached hydrogen (secondary N) is 1. The molecule has 0 fully saturated rings. The molecule has 0 aromatic rings. The van der Waals surface area contributed by atoms with E-state index in [-0.39, 0.29) is 17.0 Å². The Morgan fingerprint density at radius 1 is 1.23 bits per heavy atom. The molecule has 1 unspecified atom stereocenters. The highest BCUT2D eigenvalue weighted by Crippen LogP contribution is 2.36. The zero-order valence-electron chi connectivity index (χ0n) is 15.3. The zero-order chi connectivity index (χ0) is 17.2. The van der Waals surface area contributed by atoms with Gasteiger partial charge in [0.05, 0.1) is 12.6 Å². The van der Waals surface area contributed by atoms with Crippen molar-refractivity contribution >= 4 is 20.5 Å². The minimum absolute atomic E-state index is 0.0294. The van der Waals surface area contributed by atoms with Gasteiger partial charge in [0.1, 0.15) is 6.29 Å². The summed E-state index contributed by atoms with van der Waals surface area (Å²) < 4.78 is 6.12. The molecule has 0 rings (SSSR count). The van der Waals surface area contributed by atoms with Gasteiger partial charge in [0.2, 0.25) is 5.91 Å². The van der Waals surface area contributed by atoms with Crippen LogP contribution in [0.15, 0.2) is 0 Å². The summed E-state index contributed by atoms with van der Waals surface area (Å²) in [6.45, 7) is 13.5. The van der Waals surface area contributed by atoms with Gasteiger partial charge < -0.3 is 14.5 Å². The van der Waals surface area contributed by atoms with E-state index in [9.17, 15) is 9.59 Å². The van der Waals surface area contributed by atoms with Crippen LogP contribution >= 0.6 is 0 Å². The van der Waals surface area contributed by atoms with Crippen LogP contribution in [0.4, 0.5) is 0 Å². The average Bonchev–Trinajstić information content (AvgIpc) is 2.40. The molecule has 0 radical (unpaired) electrons. The van der Waals surface area contributed by atoms with Gasteiger partial charge >= 0.3 is 0 Å². The monoisotopic (exact) mass is 329 g/mol. The van der Waals surface area contributed by atoms with Gasteiger partial charge in [-0.3, -0.25) is 4.79 Å². The van der Waals surface area contributed by atoms with Crippen LogP contribution in [0.5, 0.6) is 0 Å². The molecule has 0 saturated carbocycles. The minimum atomic E-state index is -1.85. The zero-order valence-corrected chi connectivity index (χ0v) is 16.3. The predicted octanol–water partition coefficient (Wildman–Crippen LogP) is 4.05. The van der Waals surface area contributed by atoms with E-state index in [1.165, 1.54) is 6.42 Å². The van der Waals surface area contributed by atoms with E-state index in [1.54, 1.807) is 0 Å². The summed E-state index contributed by atoms with van der Waals surface area (Å²) in [6, 6.07) is -0.203. The highest BCUT2D eigenvalue weighted by Gasteiger charge is 2.37. The van der Waals surface area contributed by atoms with Crippen molar-refractivity contribution < 1.29 is 14.0 Å². The van der Waals surface area contributed by atoms with Crippen LogP contribution in [0.25, 0.3) is 0 Å². The van der Waals surface area contributed by atoms with Crippen molar-refractivity contribution in [3.8, 4) is 0 Å². The first kappa shape index (κ1) is 21.3. The molecule has 0 aliphatic rings. The van der Waals surface area contributed by atoms with Gasteiger partial charge in [0.25, 0.3) is 0 Å². The highest BCUT2D eigenvalue weighted by molar-refractivity contribution is 6.74. The molecular weight excluding hydrogens is 294 g/mol. The van der Waals surface area contributed by atoms with Gasteiger partial charge in [-0.05, 0) is 24.6 Å². The molecule has 1 N–H and O–H groups in total. The molecule has 0 bridgehead atoms. The van der Waals surface area contributed by atoms with Crippen molar-refractivity contribution in [3.63, 3.8) is 0 Å². The van der Waals surface area contributed by atoms with Crippen molar-refractivity contribution in [2.75, 3.05) is 6.61 Å². The van der Waals surface area contributed by atoms with E-state index in [4.69, 9.17) is 4.43 Å². The topological polar surface area (TPSA) is 55.4 Å². The molecule has 0 spiro atoms. The summed E-state index contributed by atoms with van der Waals surface area (Å²) >= 11 is 0. The lowest BCUT2D eigenvalue weighted by Crippen LogP contribution is -2.46. The van der Waals surface area contributed by atoms with Crippen LogP contribution in [0.1, 0.15) is 66.2 Å². The summed E-state index contributed by atoms with van der Waals surface area (Å²) in [5, 5.41) is 3.07.